The molecule has 7 nitrogen and oxygen atoms in total. The van der Waals surface area contributed by atoms with Gasteiger partial charge in [0.1, 0.15) is 12.4 Å². The van der Waals surface area contributed by atoms with Gasteiger partial charge in [0.2, 0.25) is 17.7 Å². The minimum atomic E-state index is -0.450. The number of aromatic nitrogens is 2. The molecule has 1 aliphatic heterocycles. The number of rotatable bonds is 5. The first-order valence-corrected chi connectivity index (χ1v) is 9.42. The molecule has 3 amide bonds. The summed E-state index contributed by atoms with van der Waals surface area (Å²) in [6.45, 7) is -0.229. The number of carbonyl (C=O) groups is 3. The van der Waals surface area contributed by atoms with Gasteiger partial charge >= 0.3 is 0 Å². The molecule has 0 atom stereocenters. The zero-order valence-corrected chi connectivity index (χ0v) is 15.5. The Bertz CT molecular complexity index is 1050. The second kappa shape index (κ2) is 7.43. The van der Waals surface area contributed by atoms with Crippen LogP contribution in [0, 0.1) is 5.82 Å². The Kier molecular flexibility index (Phi) is 4.82. The van der Waals surface area contributed by atoms with E-state index in [4.69, 9.17) is 0 Å². The maximum absolute atomic E-state index is 13.5. The molecule has 0 radical (unpaired) electrons. The van der Waals surface area contributed by atoms with E-state index in [-0.39, 0.29) is 37.7 Å². The molecule has 142 valence electrons. The van der Waals surface area contributed by atoms with Gasteiger partial charge in [-0.1, -0.05) is 17.4 Å². The van der Waals surface area contributed by atoms with Crippen LogP contribution < -0.4 is 4.90 Å². The van der Waals surface area contributed by atoms with Crippen LogP contribution in [0.1, 0.15) is 18.5 Å². The van der Waals surface area contributed by atoms with E-state index >= 15 is 0 Å². The first kappa shape index (κ1) is 18.2. The highest BCUT2D eigenvalue weighted by Gasteiger charge is 2.33. The predicted molar refractivity (Wildman–Crippen MR) is 101 cm³/mol. The smallest absolute Gasteiger partial charge is 0.249 e. The third-order valence-electron chi connectivity index (χ3n) is 4.37. The summed E-state index contributed by atoms with van der Waals surface area (Å²) in [5, 5.41) is 0.357. The molecule has 1 aliphatic rings. The maximum Gasteiger partial charge on any atom is 0.249 e. The summed E-state index contributed by atoms with van der Waals surface area (Å²) in [4.78, 5) is 47.8. The van der Waals surface area contributed by atoms with Crippen molar-refractivity contribution in [2.45, 2.75) is 19.4 Å². The zero-order valence-electron chi connectivity index (χ0n) is 14.7. The number of pyridine rings is 1. The number of thiazole rings is 1. The molecule has 3 heterocycles. The van der Waals surface area contributed by atoms with Gasteiger partial charge < -0.3 is 0 Å². The van der Waals surface area contributed by atoms with Crippen LogP contribution in [0.15, 0.2) is 42.6 Å². The summed E-state index contributed by atoms with van der Waals surface area (Å²) in [6, 6.07) is 9.52. The third kappa shape index (κ3) is 3.61. The van der Waals surface area contributed by atoms with E-state index in [1.165, 1.54) is 17.0 Å². The monoisotopic (exact) mass is 398 g/mol. The Labute approximate surface area is 163 Å². The highest BCUT2D eigenvalue weighted by Crippen LogP contribution is 2.30. The average Bonchev–Trinajstić information content (AvgIpc) is 3.24. The molecule has 28 heavy (non-hydrogen) atoms. The molecule has 9 heteroatoms. The number of halogens is 1. The second-order valence-electron chi connectivity index (χ2n) is 6.28. The van der Waals surface area contributed by atoms with Crippen molar-refractivity contribution < 1.29 is 18.8 Å². The van der Waals surface area contributed by atoms with Crippen molar-refractivity contribution in [3.63, 3.8) is 0 Å². The van der Waals surface area contributed by atoms with Gasteiger partial charge in [0.15, 0.2) is 5.13 Å². The molecule has 4 rings (SSSR count). The predicted octanol–water partition coefficient (Wildman–Crippen LogP) is 2.51. The van der Waals surface area contributed by atoms with Crippen molar-refractivity contribution in [2.24, 2.45) is 0 Å². The fourth-order valence-electron chi connectivity index (χ4n) is 2.94. The van der Waals surface area contributed by atoms with Gasteiger partial charge in [-0.3, -0.25) is 29.2 Å². The van der Waals surface area contributed by atoms with E-state index in [1.807, 2.05) is 0 Å². The van der Waals surface area contributed by atoms with Crippen LogP contribution in [0.3, 0.4) is 0 Å². The molecule has 2 aromatic heterocycles. The van der Waals surface area contributed by atoms with Crippen LogP contribution in [0.4, 0.5) is 9.52 Å². The Morgan fingerprint density at radius 2 is 1.96 bits per heavy atom. The molecule has 3 aromatic rings. The zero-order chi connectivity index (χ0) is 19.7. The fourth-order valence-corrected chi connectivity index (χ4v) is 3.94. The summed E-state index contributed by atoms with van der Waals surface area (Å²) in [5.41, 5.74) is 1.19. The van der Waals surface area contributed by atoms with Crippen LogP contribution in [0.25, 0.3) is 10.2 Å². The lowest BCUT2D eigenvalue weighted by atomic mass is 10.3. The second-order valence-corrected chi connectivity index (χ2v) is 7.29. The summed E-state index contributed by atoms with van der Waals surface area (Å²) < 4.78 is 14.1. The van der Waals surface area contributed by atoms with Crippen molar-refractivity contribution >= 4 is 44.4 Å². The highest BCUT2D eigenvalue weighted by molar-refractivity contribution is 7.22. The van der Waals surface area contributed by atoms with Crippen molar-refractivity contribution in [2.75, 3.05) is 11.4 Å². The van der Waals surface area contributed by atoms with Crippen LogP contribution >= 0.6 is 11.3 Å². The molecule has 1 saturated heterocycles. The first-order valence-electron chi connectivity index (χ1n) is 8.61. The summed E-state index contributed by atoms with van der Waals surface area (Å²) in [5.74, 6) is -1.56. The molecule has 0 saturated carbocycles. The Hall–Kier alpha value is -3.20. The average molecular weight is 398 g/mol. The lowest BCUT2D eigenvalue weighted by Crippen LogP contribution is -2.42. The number of carbonyl (C=O) groups excluding carboxylic acids is 3. The number of benzene rings is 1. The van der Waals surface area contributed by atoms with Gasteiger partial charge in [0.05, 0.1) is 22.5 Å². The lowest BCUT2D eigenvalue weighted by molar-refractivity contribution is -0.141. The van der Waals surface area contributed by atoms with Crippen LogP contribution in [-0.4, -0.2) is 39.1 Å². The Morgan fingerprint density at radius 1 is 1.18 bits per heavy atom. The summed E-state index contributed by atoms with van der Waals surface area (Å²) in [6.07, 6.45) is 1.85. The fraction of sp³-hybridized carbons (Fsp3) is 0.211. The van der Waals surface area contributed by atoms with Crippen molar-refractivity contribution in [1.29, 1.82) is 0 Å². The number of nitrogens with zero attached hydrogens (tertiary/aromatic N) is 4. The quantitative estimate of drug-likeness (QED) is 0.617. The van der Waals surface area contributed by atoms with Crippen molar-refractivity contribution in [3.05, 3.63) is 54.1 Å². The standard InChI is InChI=1S/C19H15FN4O3S/c20-12-4-5-14-15(9-12)28-19(22-14)24(10-13-3-1-2-8-21-13)18(27)11-23-16(25)6-7-17(23)26/h1-5,8-9H,6-7,10-11H2. The van der Waals surface area contributed by atoms with E-state index in [9.17, 15) is 18.8 Å². The van der Waals surface area contributed by atoms with E-state index in [0.717, 1.165) is 16.2 Å². The molecule has 1 aromatic carbocycles. The van der Waals surface area contributed by atoms with Crippen molar-refractivity contribution in [3.8, 4) is 0 Å². The van der Waals surface area contributed by atoms with Gasteiger partial charge in [0.25, 0.3) is 0 Å². The summed E-state index contributed by atoms with van der Waals surface area (Å²) in [7, 11) is 0. The number of hydrogen-bond acceptors (Lipinski definition) is 6. The Balaban J connectivity index is 1.67. The van der Waals surface area contributed by atoms with E-state index in [1.54, 1.807) is 30.5 Å². The number of likely N-dealkylation sites (tertiary alicyclic amines) is 1. The SMILES string of the molecule is O=C1CCC(=O)N1CC(=O)N(Cc1ccccn1)c1nc2ccc(F)cc2s1. The molecule has 0 bridgehead atoms. The molecule has 1 fully saturated rings. The molecular weight excluding hydrogens is 383 g/mol. The number of hydrogen-bond donors (Lipinski definition) is 0. The van der Waals surface area contributed by atoms with Gasteiger partial charge in [-0.15, -0.1) is 0 Å². The van der Waals surface area contributed by atoms with E-state index in [2.05, 4.69) is 9.97 Å². The topological polar surface area (TPSA) is 83.5 Å². The number of fused-ring (bicyclic) bond motifs is 1. The normalized spacial score (nSPS) is 14.1. The molecular formula is C19H15FN4O3S. The maximum atomic E-state index is 13.5. The number of amides is 3. The minimum Gasteiger partial charge on any atom is -0.280 e. The first-order chi connectivity index (χ1) is 13.5. The van der Waals surface area contributed by atoms with E-state index in [0.29, 0.717) is 21.0 Å². The third-order valence-corrected chi connectivity index (χ3v) is 5.41. The van der Waals surface area contributed by atoms with Crippen LogP contribution in [0.2, 0.25) is 0 Å². The van der Waals surface area contributed by atoms with Crippen molar-refractivity contribution in [1.82, 2.24) is 14.9 Å². The molecule has 0 aliphatic carbocycles. The highest BCUT2D eigenvalue weighted by atomic mass is 32.1. The molecule has 0 N–H and O–H groups in total. The van der Waals surface area contributed by atoms with Gasteiger partial charge in [0, 0.05) is 19.0 Å². The van der Waals surface area contributed by atoms with Gasteiger partial charge in [-0.25, -0.2) is 9.37 Å². The van der Waals surface area contributed by atoms with Crippen LogP contribution in [-0.2, 0) is 20.9 Å². The summed E-state index contributed by atoms with van der Waals surface area (Å²) >= 11 is 1.16. The lowest BCUT2D eigenvalue weighted by Gasteiger charge is -2.22. The van der Waals surface area contributed by atoms with E-state index < -0.39 is 11.7 Å². The van der Waals surface area contributed by atoms with Gasteiger partial charge in [-0.2, -0.15) is 0 Å². The minimum absolute atomic E-state index is 0.118. The van der Waals surface area contributed by atoms with Crippen LogP contribution in [0.5, 0.6) is 0 Å². The Morgan fingerprint density at radius 3 is 2.68 bits per heavy atom. The van der Waals surface area contributed by atoms with Gasteiger partial charge in [-0.05, 0) is 30.3 Å². The number of anilines is 1. The number of imide groups is 1. The molecule has 0 spiro atoms. The largest absolute Gasteiger partial charge is 0.280 e. The molecule has 0 unspecified atom stereocenters.